The molecule has 4 nitrogen and oxygen atoms in total. The Morgan fingerprint density at radius 2 is 1.92 bits per heavy atom. The molecule has 0 heterocycles. The Bertz CT molecular complexity index is 222. The topological polar surface area (TPSA) is 49.4 Å². The summed E-state index contributed by atoms with van der Waals surface area (Å²) in [6, 6.07) is 0. The second-order valence-corrected chi connectivity index (χ2v) is 3.75. The third-order valence-corrected chi connectivity index (χ3v) is 2.29. The van der Waals surface area contributed by atoms with Crippen LogP contribution >= 0.6 is 0 Å². The van der Waals surface area contributed by atoms with E-state index in [1.165, 1.54) is 0 Å². The third-order valence-electron chi connectivity index (χ3n) is 2.29. The first-order valence-corrected chi connectivity index (χ1v) is 4.53. The molecular weight excluding hydrogens is 168 g/mol. The van der Waals surface area contributed by atoms with E-state index < -0.39 is 5.91 Å². The van der Waals surface area contributed by atoms with Gasteiger partial charge in [0.05, 0.1) is 6.17 Å². The van der Waals surface area contributed by atoms with E-state index in [-0.39, 0.29) is 17.9 Å². The van der Waals surface area contributed by atoms with Crippen molar-refractivity contribution in [3.05, 3.63) is 0 Å². The summed E-state index contributed by atoms with van der Waals surface area (Å²) in [6.45, 7) is 1.85. The van der Waals surface area contributed by atoms with Gasteiger partial charge in [-0.25, -0.2) is 0 Å². The van der Waals surface area contributed by atoms with Crippen molar-refractivity contribution in [3.63, 3.8) is 0 Å². The molecule has 74 valence electrons. The van der Waals surface area contributed by atoms with Gasteiger partial charge >= 0.3 is 0 Å². The Balaban J connectivity index is 2.35. The van der Waals surface area contributed by atoms with Crippen LogP contribution < -0.4 is 5.32 Å². The van der Waals surface area contributed by atoms with Crippen LogP contribution in [0.5, 0.6) is 0 Å². The summed E-state index contributed by atoms with van der Waals surface area (Å²) in [5.74, 6) is -0.688. The number of Topliss-reactive ketones (excluding diaryl/α,β-unsaturated/α-hetero) is 1. The van der Waals surface area contributed by atoms with E-state index >= 15 is 0 Å². The van der Waals surface area contributed by atoms with Crippen LogP contribution in [-0.2, 0) is 9.59 Å². The van der Waals surface area contributed by atoms with Crippen molar-refractivity contribution in [1.29, 1.82) is 0 Å². The highest BCUT2D eigenvalue weighted by Crippen LogP contribution is 2.29. The lowest BCUT2D eigenvalue weighted by Gasteiger charge is -2.20. The number of hydrogen-bond donors (Lipinski definition) is 1. The molecule has 0 saturated heterocycles. The fourth-order valence-corrected chi connectivity index (χ4v) is 0.921. The van der Waals surface area contributed by atoms with Crippen LogP contribution in [0, 0.1) is 5.92 Å². The molecule has 0 aliphatic heterocycles. The second-order valence-electron chi connectivity index (χ2n) is 3.75. The van der Waals surface area contributed by atoms with Crippen molar-refractivity contribution in [2.45, 2.75) is 25.9 Å². The average Bonchev–Trinajstić information content (AvgIpc) is 2.85. The van der Waals surface area contributed by atoms with E-state index in [9.17, 15) is 9.59 Å². The maximum absolute atomic E-state index is 11.3. The van der Waals surface area contributed by atoms with E-state index in [2.05, 4.69) is 5.32 Å². The van der Waals surface area contributed by atoms with Crippen molar-refractivity contribution in [3.8, 4) is 0 Å². The Morgan fingerprint density at radius 1 is 1.38 bits per heavy atom. The van der Waals surface area contributed by atoms with Crippen molar-refractivity contribution >= 4 is 11.7 Å². The van der Waals surface area contributed by atoms with Crippen molar-refractivity contribution in [2.24, 2.45) is 5.92 Å². The number of hydrogen-bond acceptors (Lipinski definition) is 3. The largest absolute Gasteiger partial charge is 0.334 e. The highest BCUT2D eigenvalue weighted by Gasteiger charge is 2.34. The molecule has 1 N–H and O–H groups in total. The Kier molecular flexibility index (Phi) is 3.03. The van der Waals surface area contributed by atoms with Gasteiger partial charge in [-0.15, -0.1) is 0 Å². The lowest BCUT2D eigenvalue weighted by molar-refractivity contribution is -0.139. The molecular formula is C9H16N2O2. The van der Waals surface area contributed by atoms with E-state index in [1.807, 2.05) is 25.9 Å². The minimum absolute atomic E-state index is 0.00867. The summed E-state index contributed by atoms with van der Waals surface area (Å²) in [6.07, 6.45) is 1.67. The smallest absolute Gasteiger partial charge is 0.288 e. The molecule has 1 aliphatic carbocycles. The summed E-state index contributed by atoms with van der Waals surface area (Å²) in [4.78, 5) is 24.3. The van der Waals surface area contributed by atoms with Crippen LogP contribution in [0.15, 0.2) is 0 Å². The van der Waals surface area contributed by atoms with Gasteiger partial charge in [0, 0.05) is 5.92 Å². The molecule has 1 aliphatic rings. The maximum Gasteiger partial charge on any atom is 0.288 e. The monoisotopic (exact) mass is 184 g/mol. The molecule has 1 atom stereocenters. The average molecular weight is 184 g/mol. The van der Waals surface area contributed by atoms with E-state index in [0.717, 1.165) is 12.8 Å². The van der Waals surface area contributed by atoms with Gasteiger partial charge in [-0.05, 0) is 33.9 Å². The first kappa shape index (κ1) is 10.2. The minimum atomic E-state index is -0.441. The quantitative estimate of drug-likeness (QED) is 0.494. The fourth-order valence-electron chi connectivity index (χ4n) is 0.921. The van der Waals surface area contributed by atoms with Crippen LogP contribution in [0.2, 0.25) is 0 Å². The van der Waals surface area contributed by atoms with Crippen LogP contribution in [0.25, 0.3) is 0 Å². The summed E-state index contributed by atoms with van der Waals surface area (Å²) >= 11 is 0. The fraction of sp³-hybridized carbons (Fsp3) is 0.778. The van der Waals surface area contributed by atoms with Gasteiger partial charge in [-0.3, -0.25) is 14.5 Å². The molecule has 1 amide bonds. The summed E-state index contributed by atoms with van der Waals surface area (Å²) in [5, 5.41) is 2.64. The van der Waals surface area contributed by atoms with Crippen molar-refractivity contribution < 1.29 is 9.59 Å². The first-order chi connectivity index (χ1) is 6.02. The predicted octanol–water partition coefficient (Wildman–Crippen LogP) is -0.0107. The van der Waals surface area contributed by atoms with Gasteiger partial charge in [-0.1, -0.05) is 0 Å². The van der Waals surface area contributed by atoms with Crippen molar-refractivity contribution in [1.82, 2.24) is 10.2 Å². The van der Waals surface area contributed by atoms with E-state index in [4.69, 9.17) is 0 Å². The lowest BCUT2D eigenvalue weighted by Crippen LogP contribution is -2.45. The zero-order valence-corrected chi connectivity index (χ0v) is 8.33. The van der Waals surface area contributed by atoms with Gasteiger partial charge < -0.3 is 5.32 Å². The van der Waals surface area contributed by atoms with Crippen molar-refractivity contribution in [2.75, 3.05) is 14.1 Å². The first-order valence-electron chi connectivity index (χ1n) is 4.53. The molecule has 0 spiro atoms. The van der Waals surface area contributed by atoms with Crippen LogP contribution in [0.4, 0.5) is 0 Å². The normalized spacial score (nSPS) is 18.5. The molecule has 0 aromatic carbocycles. The number of carbonyl (C=O) groups excluding carboxylic acids is 2. The summed E-state index contributed by atoms with van der Waals surface area (Å²) in [5.41, 5.74) is 0. The number of ketones is 1. The third kappa shape index (κ3) is 2.81. The summed E-state index contributed by atoms with van der Waals surface area (Å²) in [7, 11) is 3.71. The number of rotatable bonds is 4. The zero-order chi connectivity index (χ0) is 10.0. The molecule has 0 bridgehead atoms. The molecule has 0 aromatic rings. The van der Waals surface area contributed by atoms with E-state index in [1.54, 1.807) is 0 Å². The Morgan fingerprint density at radius 3 is 2.31 bits per heavy atom. The Hall–Kier alpha value is -0.900. The minimum Gasteiger partial charge on any atom is -0.334 e. The van der Waals surface area contributed by atoms with Gasteiger partial charge in [0.15, 0.2) is 0 Å². The number of nitrogens with one attached hydrogen (secondary N) is 1. The molecule has 0 aromatic heterocycles. The molecule has 13 heavy (non-hydrogen) atoms. The molecule has 1 rings (SSSR count). The van der Waals surface area contributed by atoms with Crippen LogP contribution in [0.1, 0.15) is 19.8 Å². The number of nitrogens with zero attached hydrogens (tertiary/aromatic N) is 1. The molecule has 1 fully saturated rings. The Labute approximate surface area is 78.3 Å². The maximum atomic E-state index is 11.3. The van der Waals surface area contributed by atoms with E-state index in [0.29, 0.717) is 0 Å². The standard InChI is InChI=1S/C9H16N2O2/c1-6(11(2)3)10-9(13)8(12)7-4-5-7/h6-7H,4-5H2,1-3H3,(H,10,13). The predicted molar refractivity (Wildman–Crippen MR) is 49.0 cm³/mol. The highest BCUT2D eigenvalue weighted by atomic mass is 16.2. The molecule has 1 saturated carbocycles. The number of amides is 1. The summed E-state index contributed by atoms with van der Waals surface area (Å²) < 4.78 is 0. The SMILES string of the molecule is CC(NC(=O)C(=O)C1CC1)N(C)C. The highest BCUT2D eigenvalue weighted by molar-refractivity contribution is 6.37. The van der Waals surface area contributed by atoms with Gasteiger partial charge in [0.25, 0.3) is 5.91 Å². The molecule has 1 unspecified atom stereocenters. The van der Waals surface area contributed by atoms with Gasteiger partial charge in [0.2, 0.25) is 5.78 Å². The second kappa shape index (κ2) is 3.87. The lowest BCUT2D eigenvalue weighted by atomic mass is 10.2. The zero-order valence-electron chi connectivity index (χ0n) is 8.33. The van der Waals surface area contributed by atoms with Gasteiger partial charge in [-0.2, -0.15) is 0 Å². The van der Waals surface area contributed by atoms with Crippen LogP contribution in [0.3, 0.4) is 0 Å². The number of carbonyl (C=O) groups is 2. The van der Waals surface area contributed by atoms with Gasteiger partial charge in [0.1, 0.15) is 0 Å². The molecule has 4 heteroatoms. The van der Waals surface area contributed by atoms with Crippen LogP contribution in [-0.4, -0.2) is 36.9 Å². The molecule has 0 radical (unpaired) electrons.